The highest BCUT2D eigenvalue weighted by Crippen LogP contribution is 2.34. The minimum absolute atomic E-state index is 0.776. The Bertz CT molecular complexity index is 531. The quantitative estimate of drug-likeness (QED) is 0.770. The molecule has 0 unspecified atom stereocenters. The molecule has 100 valence electrons. The number of benzene rings is 1. The Morgan fingerprint density at radius 3 is 2.37 bits per heavy atom. The Morgan fingerprint density at radius 2 is 1.79 bits per heavy atom. The van der Waals surface area contributed by atoms with E-state index in [1.807, 2.05) is 13.4 Å². The van der Waals surface area contributed by atoms with Crippen LogP contribution >= 0.6 is 15.9 Å². The van der Waals surface area contributed by atoms with Gasteiger partial charge in [-0.3, -0.25) is 0 Å². The third-order valence-corrected chi connectivity index (χ3v) is 4.73. The minimum Gasteiger partial charge on any atom is -0.333 e. The Balaban J connectivity index is 1.86. The fraction of sp³-hybridized carbons (Fsp3) is 0.438. The molecule has 2 nitrogen and oxygen atoms in total. The molecule has 1 fully saturated rings. The van der Waals surface area contributed by atoms with Crippen molar-refractivity contribution in [3.8, 4) is 11.3 Å². The Hall–Kier alpha value is -1.09. The number of aryl methyl sites for hydroxylation is 1. The maximum absolute atomic E-state index is 4.28. The highest BCUT2D eigenvalue weighted by Gasteiger charge is 2.16. The van der Waals surface area contributed by atoms with Gasteiger partial charge in [0.25, 0.3) is 0 Å². The van der Waals surface area contributed by atoms with Crippen molar-refractivity contribution in [1.82, 2.24) is 9.55 Å². The lowest BCUT2D eigenvalue weighted by atomic mass is 9.84. The van der Waals surface area contributed by atoms with Crippen molar-refractivity contribution in [3.63, 3.8) is 0 Å². The lowest BCUT2D eigenvalue weighted by Gasteiger charge is -2.22. The summed E-state index contributed by atoms with van der Waals surface area (Å²) in [4.78, 5) is 4.28. The summed E-state index contributed by atoms with van der Waals surface area (Å²) in [5, 5.41) is 0. The first-order valence-electron chi connectivity index (χ1n) is 7.03. The van der Waals surface area contributed by atoms with Gasteiger partial charge in [0.15, 0.2) is 0 Å². The molecule has 3 heteroatoms. The summed E-state index contributed by atoms with van der Waals surface area (Å²) < 4.78 is 2.97. The van der Waals surface area contributed by atoms with Crippen molar-refractivity contribution in [1.29, 1.82) is 0 Å². The summed E-state index contributed by atoms with van der Waals surface area (Å²) in [6.07, 6.45) is 8.74. The molecule has 0 radical (unpaired) electrons. The molecule has 1 aromatic carbocycles. The van der Waals surface area contributed by atoms with Gasteiger partial charge in [-0.1, -0.05) is 43.5 Å². The summed E-state index contributed by atoms with van der Waals surface area (Å²) in [5.41, 5.74) is 3.88. The van der Waals surface area contributed by atoms with E-state index in [9.17, 15) is 0 Å². The molecule has 0 spiro atoms. The first-order valence-corrected chi connectivity index (χ1v) is 7.82. The van der Waals surface area contributed by atoms with Crippen LogP contribution in [0.15, 0.2) is 35.2 Å². The molecular formula is C16H19BrN2. The van der Waals surface area contributed by atoms with Crippen molar-refractivity contribution < 1.29 is 0 Å². The first kappa shape index (κ1) is 12.9. The minimum atomic E-state index is 0.776. The number of hydrogen-bond acceptors (Lipinski definition) is 1. The van der Waals surface area contributed by atoms with Crippen molar-refractivity contribution in [3.05, 3.63) is 40.8 Å². The van der Waals surface area contributed by atoms with Gasteiger partial charge in [0.2, 0.25) is 0 Å². The molecule has 0 N–H and O–H groups in total. The van der Waals surface area contributed by atoms with Crippen LogP contribution in [0, 0.1) is 0 Å². The van der Waals surface area contributed by atoms with E-state index in [0.29, 0.717) is 0 Å². The summed E-state index contributed by atoms with van der Waals surface area (Å²) in [7, 11) is 2.03. The van der Waals surface area contributed by atoms with Gasteiger partial charge in [-0.05, 0) is 40.3 Å². The van der Waals surface area contributed by atoms with Gasteiger partial charge >= 0.3 is 0 Å². The summed E-state index contributed by atoms with van der Waals surface area (Å²) in [5.74, 6) is 0.776. The van der Waals surface area contributed by atoms with Crippen molar-refractivity contribution in [2.75, 3.05) is 0 Å². The molecule has 0 aliphatic heterocycles. The van der Waals surface area contributed by atoms with E-state index in [4.69, 9.17) is 0 Å². The molecule has 1 aliphatic carbocycles. The van der Waals surface area contributed by atoms with Gasteiger partial charge < -0.3 is 4.57 Å². The lowest BCUT2D eigenvalue weighted by molar-refractivity contribution is 0.443. The smallest absolute Gasteiger partial charge is 0.132 e. The molecule has 2 aromatic rings. The van der Waals surface area contributed by atoms with Crippen LogP contribution in [0.2, 0.25) is 0 Å². The highest BCUT2D eigenvalue weighted by molar-refractivity contribution is 9.10. The average Bonchev–Trinajstić information content (AvgIpc) is 2.79. The second kappa shape index (κ2) is 5.49. The van der Waals surface area contributed by atoms with Crippen LogP contribution in [0.5, 0.6) is 0 Å². The number of halogens is 1. The van der Waals surface area contributed by atoms with Gasteiger partial charge in [0, 0.05) is 12.6 Å². The van der Waals surface area contributed by atoms with E-state index in [1.165, 1.54) is 43.2 Å². The molecular weight excluding hydrogens is 300 g/mol. The molecule has 1 saturated carbocycles. The number of aromatic nitrogens is 2. The average molecular weight is 319 g/mol. The molecule has 1 heterocycles. The van der Waals surface area contributed by atoms with Gasteiger partial charge in [-0.25, -0.2) is 4.98 Å². The standard InChI is InChI=1S/C16H19BrN2/c1-19-11-18-16(17)15(19)14-9-7-13(8-10-14)12-5-3-2-4-6-12/h7-12H,2-6H2,1H3. The van der Waals surface area contributed by atoms with E-state index in [-0.39, 0.29) is 0 Å². The Kier molecular flexibility index (Phi) is 3.74. The van der Waals surface area contributed by atoms with Crippen LogP contribution in [0.25, 0.3) is 11.3 Å². The second-order valence-corrected chi connectivity index (χ2v) is 6.20. The lowest BCUT2D eigenvalue weighted by Crippen LogP contribution is -2.04. The van der Waals surface area contributed by atoms with Crippen LogP contribution in [-0.4, -0.2) is 9.55 Å². The van der Waals surface area contributed by atoms with Gasteiger partial charge in [0.05, 0.1) is 12.0 Å². The molecule has 0 bridgehead atoms. The van der Waals surface area contributed by atoms with E-state index in [1.54, 1.807) is 0 Å². The molecule has 1 aliphatic rings. The zero-order chi connectivity index (χ0) is 13.2. The van der Waals surface area contributed by atoms with E-state index in [2.05, 4.69) is 49.7 Å². The molecule has 19 heavy (non-hydrogen) atoms. The monoisotopic (exact) mass is 318 g/mol. The zero-order valence-electron chi connectivity index (χ0n) is 11.3. The van der Waals surface area contributed by atoms with E-state index >= 15 is 0 Å². The van der Waals surface area contributed by atoms with Crippen LogP contribution < -0.4 is 0 Å². The fourth-order valence-electron chi connectivity index (χ4n) is 3.07. The number of imidazole rings is 1. The van der Waals surface area contributed by atoms with Crippen LogP contribution in [-0.2, 0) is 7.05 Å². The van der Waals surface area contributed by atoms with Crippen molar-refractivity contribution in [2.45, 2.75) is 38.0 Å². The summed E-state index contributed by atoms with van der Waals surface area (Å²) in [6.45, 7) is 0. The zero-order valence-corrected chi connectivity index (χ0v) is 12.9. The fourth-order valence-corrected chi connectivity index (χ4v) is 3.67. The largest absolute Gasteiger partial charge is 0.333 e. The maximum Gasteiger partial charge on any atom is 0.132 e. The maximum atomic E-state index is 4.28. The number of rotatable bonds is 2. The highest BCUT2D eigenvalue weighted by atomic mass is 79.9. The topological polar surface area (TPSA) is 17.8 Å². The van der Waals surface area contributed by atoms with E-state index in [0.717, 1.165) is 16.2 Å². The van der Waals surface area contributed by atoms with Crippen LogP contribution in [0.1, 0.15) is 43.6 Å². The van der Waals surface area contributed by atoms with Crippen molar-refractivity contribution >= 4 is 15.9 Å². The molecule has 1 aromatic heterocycles. The van der Waals surface area contributed by atoms with Gasteiger partial charge in [0.1, 0.15) is 4.60 Å². The normalized spacial score (nSPS) is 16.7. The Morgan fingerprint density at radius 1 is 1.11 bits per heavy atom. The molecule has 3 rings (SSSR count). The SMILES string of the molecule is Cn1cnc(Br)c1-c1ccc(C2CCCCC2)cc1. The molecule has 0 atom stereocenters. The van der Waals surface area contributed by atoms with Gasteiger partial charge in [-0.2, -0.15) is 0 Å². The predicted molar refractivity (Wildman–Crippen MR) is 82.2 cm³/mol. The van der Waals surface area contributed by atoms with Crippen molar-refractivity contribution in [2.24, 2.45) is 7.05 Å². The summed E-state index contributed by atoms with van der Waals surface area (Å²) in [6, 6.07) is 9.05. The van der Waals surface area contributed by atoms with Crippen LogP contribution in [0.3, 0.4) is 0 Å². The molecule has 0 amide bonds. The van der Waals surface area contributed by atoms with E-state index < -0.39 is 0 Å². The Labute approximate surface area is 123 Å². The number of nitrogens with zero attached hydrogens (tertiary/aromatic N) is 2. The second-order valence-electron chi connectivity index (χ2n) is 5.45. The third kappa shape index (κ3) is 2.62. The number of hydrogen-bond donors (Lipinski definition) is 0. The van der Waals surface area contributed by atoms with Crippen LogP contribution in [0.4, 0.5) is 0 Å². The third-order valence-electron chi connectivity index (χ3n) is 4.15. The summed E-state index contributed by atoms with van der Waals surface area (Å²) >= 11 is 3.52. The predicted octanol–water partition coefficient (Wildman–Crippen LogP) is 4.90. The van der Waals surface area contributed by atoms with Gasteiger partial charge in [-0.15, -0.1) is 0 Å². The first-order chi connectivity index (χ1) is 9.25. The molecule has 0 saturated heterocycles.